The molecule has 2 saturated heterocycles. The maximum atomic E-state index is 10.3. The van der Waals surface area contributed by atoms with Crippen LogP contribution in [0.4, 0.5) is 0 Å². The van der Waals surface area contributed by atoms with E-state index in [0.29, 0.717) is 34.7 Å². The number of aliphatic hydroxyl groups is 1. The molecule has 6 aliphatic rings. The summed E-state index contributed by atoms with van der Waals surface area (Å²) in [5.41, 5.74) is 0.899. The highest BCUT2D eigenvalue weighted by molar-refractivity contribution is 5.15. The second-order valence-corrected chi connectivity index (χ2v) is 13.1. The molecule has 6 rings (SSSR count). The van der Waals surface area contributed by atoms with E-state index in [2.05, 4.69) is 27.7 Å². The van der Waals surface area contributed by atoms with Crippen LogP contribution in [-0.2, 0) is 9.47 Å². The molecule has 2 heterocycles. The molecule has 1 N–H and O–H groups in total. The summed E-state index contributed by atoms with van der Waals surface area (Å²) in [6.45, 7) is 10.9. The fourth-order valence-electron chi connectivity index (χ4n) is 10.3. The van der Waals surface area contributed by atoms with Gasteiger partial charge in [-0.1, -0.05) is 27.7 Å². The van der Waals surface area contributed by atoms with E-state index in [-0.39, 0.29) is 11.9 Å². The molecule has 3 heteroatoms. The third-order valence-electron chi connectivity index (χ3n) is 11.9. The molecule has 0 bridgehead atoms. The molecule has 12 atom stereocenters. The van der Waals surface area contributed by atoms with E-state index in [1.54, 1.807) is 0 Å². The molecule has 0 aromatic rings. The maximum Gasteiger partial charge on any atom is 0.171 e. The Morgan fingerprint density at radius 2 is 1.63 bits per heavy atom. The first-order valence-corrected chi connectivity index (χ1v) is 13.3. The lowest BCUT2D eigenvalue weighted by molar-refractivity contribution is -0.273. The number of ether oxygens (including phenoxy) is 2. The van der Waals surface area contributed by atoms with E-state index >= 15 is 0 Å². The number of hydrogen-bond donors (Lipinski definition) is 1. The van der Waals surface area contributed by atoms with Gasteiger partial charge in [0.2, 0.25) is 0 Å². The van der Waals surface area contributed by atoms with Gasteiger partial charge in [-0.3, -0.25) is 0 Å². The van der Waals surface area contributed by atoms with Gasteiger partial charge in [0.1, 0.15) is 0 Å². The van der Waals surface area contributed by atoms with E-state index in [0.717, 1.165) is 49.5 Å². The molecule has 0 radical (unpaired) electrons. The van der Waals surface area contributed by atoms with Gasteiger partial charge in [0.15, 0.2) is 5.79 Å². The highest BCUT2D eigenvalue weighted by atomic mass is 16.7. The number of fused-ring (bicyclic) bond motifs is 7. The predicted molar refractivity (Wildman–Crippen MR) is 118 cm³/mol. The molecule has 2 aliphatic heterocycles. The van der Waals surface area contributed by atoms with Gasteiger partial charge in [-0.05, 0) is 104 Å². The second kappa shape index (κ2) is 6.70. The lowest BCUT2D eigenvalue weighted by atomic mass is 9.44. The van der Waals surface area contributed by atoms with Crippen LogP contribution < -0.4 is 0 Å². The summed E-state index contributed by atoms with van der Waals surface area (Å²) in [6.07, 6.45) is 12.9. The van der Waals surface area contributed by atoms with Crippen molar-refractivity contribution in [2.24, 2.45) is 52.3 Å². The zero-order valence-electron chi connectivity index (χ0n) is 19.7. The minimum Gasteiger partial charge on any atom is -0.393 e. The largest absolute Gasteiger partial charge is 0.393 e. The van der Waals surface area contributed by atoms with Gasteiger partial charge >= 0.3 is 0 Å². The molecule has 3 nitrogen and oxygen atoms in total. The first-order valence-electron chi connectivity index (χ1n) is 13.3. The van der Waals surface area contributed by atoms with Crippen LogP contribution in [0.3, 0.4) is 0 Å². The lowest BCUT2D eigenvalue weighted by Crippen LogP contribution is -2.55. The Hall–Kier alpha value is -0.120. The Balaban J connectivity index is 1.26. The van der Waals surface area contributed by atoms with Crippen LogP contribution in [0.5, 0.6) is 0 Å². The molecule has 2 unspecified atom stereocenters. The number of hydrogen-bond acceptors (Lipinski definition) is 3. The summed E-state index contributed by atoms with van der Waals surface area (Å²) in [6, 6.07) is 0. The van der Waals surface area contributed by atoms with Crippen molar-refractivity contribution >= 4 is 0 Å². The van der Waals surface area contributed by atoms with E-state index in [4.69, 9.17) is 9.47 Å². The average molecular weight is 417 g/mol. The van der Waals surface area contributed by atoms with E-state index in [1.807, 2.05) is 0 Å². The number of aliphatic hydroxyl groups excluding tert-OH is 1. The zero-order chi connectivity index (χ0) is 20.9. The Morgan fingerprint density at radius 1 is 0.833 bits per heavy atom. The molecular formula is C27H44O3. The van der Waals surface area contributed by atoms with Crippen molar-refractivity contribution in [1.29, 1.82) is 0 Å². The molecule has 6 fully saturated rings. The summed E-state index contributed by atoms with van der Waals surface area (Å²) in [5.74, 6) is 4.93. The number of rotatable bonds is 0. The van der Waals surface area contributed by atoms with Crippen LogP contribution >= 0.6 is 0 Å². The van der Waals surface area contributed by atoms with Crippen molar-refractivity contribution in [3.63, 3.8) is 0 Å². The first-order chi connectivity index (χ1) is 14.3. The highest BCUT2D eigenvalue weighted by Crippen LogP contribution is 2.71. The smallest absolute Gasteiger partial charge is 0.171 e. The van der Waals surface area contributed by atoms with Gasteiger partial charge in [-0.15, -0.1) is 0 Å². The molecule has 1 spiro atoms. The molecule has 30 heavy (non-hydrogen) atoms. The summed E-state index contributed by atoms with van der Waals surface area (Å²) >= 11 is 0. The van der Waals surface area contributed by atoms with Gasteiger partial charge in [0.05, 0.1) is 18.8 Å². The fraction of sp³-hybridized carbons (Fsp3) is 1.00. The van der Waals surface area contributed by atoms with Gasteiger partial charge < -0.3 is 14.6 Å². The van der Waals surface area contributed by atoms with Crippen LogP contribution in [0.2, 0.25) is 0 Å². The minimum absolute atomic E-state index is 0.0389. The standard InChI is InChI=1S/C27H44O3/c1-16-7-12-27(29-15-16)17(2)24-23(30-27)14-22-20-6-5-18-13-19(28)8-10-25(18,3)21(20)9-11-26(22,24)4/h16-24,28H,5-15H2,1-4H3/t16-,17+,18?,19?,20-,21+,22+,23+,24+,25+,26+,27-/m1/s1. The monoisotopic (exact) mass is 416 g/mol. The van der Waals surface area contributed by atoms with E-state index in [9.17, 15) is 5.11 Å². The second-order valence-electron chi connectivity index (χ2n) is 13.1. The summed E-state index contributed by atoms with van der Waals surface area (Å²) in [4.78, 5) is 0. The third kappa shape index (κ3) is 2.61. The van der Waals surface area contributed by atoms with Crippen LogP contribution in [0, 0.1) is 52.3 Å². The predicted octanol–water partition coefficient (Wildman–Crippen LogP) is 5.79. The van der Waals surface area contributed by atoms with Gasteiger partial charge in [-0.25, -0.2) is 0 Å². The third-order valence-corrected chi connectivity index (χ3v) is 11.9. The molecule has 4 aliphatic carbocycles. The van der Waals surface area contributed by atoms with Crippen molar-refractivity contribution in [2.45, 2.75) is 110 Å². The minimum atomic E-state index is -0.282. The van der Waals surface area contributed by atoms with Crippen molar-refractivity contribution in [3.05, 3.63) is 0 Å². The van der Waals surface area contributed by atoms with Gasteiger partial charge in [0, 0.05) is 12.3 Å². The van der Waals surface area contributed by atoms with Crippen LogP contribution in [0.15, 0.2) is 0 Å². The Bertz CT molecular complexity index is 684. The van der Waals surface area contributed by atoms with Crippen molar-refractivity contribution < 1.29 is 14.6 Å². The lowest BCUT2D eigenvalue weighted by Gasteiger charge is -2.61. The highest BCUT2D eigenvalue weighted by Gasteiger charge is 2.69. The van der Waals surface area contributed by atoms with Crippen molar-refractivity contribution in [2.75, 3.05) is 6.61 Å². The van der Waals surface area contributed by atoms with Crippen LogP contribution in [-0.4, -0.2) is 29.7 Å². The van der Waals surface area contributed by atoms with Crippen molar-refractivity contribution in [3.8, 4) is 0 Å². The van der Waals surface area contributed by atoms with Crippen LogP contribution in [0.25, 0.3) is 0 Å². The molecule has 0 aromatic carbocycles. The Morgan fingerprint density at radius 3 is 2.40 bits per heavy atom. The summed E-state index contributed by atoms with van der Waals surface area (Å²) in [7, 11) is 0. The topological polar surface area (TPSA) is 38.7 Å². The van der Waals surface area contributed by atoms with E-state index < -0.39 is 0 Å². The Labute approximate surface area is 183 Å². The first kappa shape index (κ1) is 20.5. The molecule has 170 valence electrons. The molecule has 0 aromatic heterocycles. The van der Waals surface area contributed by atoms with Gasteiger partial charge in [-0.2, -0.15) is 0 Å². The molecule has 0 amide bonds. The normalized spacial score (nSPS) is 62.5. The summed E-state index contributed by atoms with van der Waals surface area (Å²) in [5, 5.41) is 10.3. The van der Waals surface area contributed by atoms with Crippen molar-refractivity contribution in [1.82, 2.24) is 0 Å². The molecule has 4 saturated carbocycles. The van der Waals surface area contributed by atoms with Gasteiger partial charge in [0.25, 0.3) is 0 Å². The summed E-state index contributed by atoms with van der Waals surface area (Å²) < 4.78 is 13.4. The Kier molecular flexibility index (Phi) is 4.58. The van der Waals surface area contributed by atoms with Crippen LogP contribution in [0.1, 0.15) is 91.9 Å². The van der Waals surface area contributed by atoms with E-state index in [1.165, 1.54) is 44.9 Å². The SMILES string of the molecule is C[C@@H]1CC[C@@]2(OC1)O[C@H]1C[C@H]3[C@@H]4CCC5CC(O)CC[C@]5(C)[C@H]4CC[C@]3(C)[C@H]1[C@@H]2C. The average Bonchev–Trinajstić information content (AvgIpc) is 3.16. The molecular weight excluding hydrogens is 372 g/mol. The zero-order valence-corrected chi connectivity index (χ0v) is 19.7. The maximum absolute atomic E-state index is 10.3. The quantitative estimate of drug-likeness (QED) is 0.543. The fourth-order valence-corrected chi connectivity index (χ4v) is 10.3.